The Labute approximate surface area is 110 Å². The number of aliphatic hydroxyl groups excluding tert-OH is 1. The summed E-state index contributed by atoms with van der Waals surface area (Å²) in [5.74, 6) is 0. The number of aliphatic hydroxyl groups is 2. The molecule has 0 aliphatic carbocycles. The molecule has 0 bridgehead atoms. The van der Waals surface area contributed by atoms with E-state index >= 15 is 0 Å². The van der Waals surface area contributed by atoms with E-state index in [0.717, 1.165) is 15.8 Å². The van der Waals surface area contributed by atoms with Crippen molar-refractivity contribution in [3.63, 3.8) is 0 Å². The van der Waals surface area contributed by atoms with Gasteiger partial charge in [-0.05, 0) is 36.9 Å². The molecular weight excluding hydrogens is 248 g/mol. The van der Waals surface area contributed by atoms with Crippen LogP contribution in [0.25, 0.3) is 10.2 Å². The van der Waals surface area contributed by atoms with E-state index in [1.807, 2.05) is 24.6 Å². The van der Waals surface area contributed by atoms with Crippen molar-refractivity contribution < 1.29 is 10.2 Å². The quantitative estimate of drug-likeness (QED) is 0.770. The highest BCUT2D eigenvalue weighted by Crippen LogP contribution is 2.22. The van der Waals surface area contributed by atoms with E-state index in [9.17, 15) is 5.11 Å². The smallest absolute Gasteiger partial charge is 0.0973 e. The fourth-order valence-corrected chi connectivity index (χ4v) is 2.43. The monoisotopic (exact) mass is 266 g/mol. The van der Waals surface area contributed by atoms with E-state index < -0.39 is 5.60 Å². The van der Waals surface area contributed by atoms with E-state index in [2.05, 4.69) is 16.4 Å². The highest BCUT2D eigenvalue weighted by Gasteiger charge is 2.20. The van der Waals surface area contributed by atoms with Crippen LogP contribution in [0.2, 0.25) is 0 Å². The Morgan fingerprint density at radius 3 is 3.06 bits per heavy atom. The molecule has 18 heavy (non-hydrogen) atoms. The number of pyridine rings is 1. The third-order valence-corrected chi connectivity index (χ3v) is 3.81. The van der Waals surface area contributed by atoms with E-state index in [-0.39, 0.29) is 12.6 Å². The topological polar surface area (TPSA) is 65.4 Å². The Kier molecular flexibility index (Phi) is 3.97. The van der Waals surface area contributed by atoms with Gasteiger partial charge in [-0.2, -0.15) is 0 Å². The Balaban J connectivity index is 2.06. The maximum Gasteiger partial charge on any atom is 0.0973 e. The molecule has 0 saturated carbocycles. The maximum absolute atomic E-state index is 9.73. The molecule has 0 radical (unpaired) electrons. The van der Waals surface area contributed by atoms with Gasteiger partial charge in [-0.15, -0.1) is 11.3 Å². The van der Waals surface area contributed by atoms with Crippen molar-refractivity contribution in [2.75, 3.05) is 13.2 Å². The Bertz CT molecular complexity index is 524. The van der Waals surface area contributed by atoms with Crippen LogP contribution in [-0.4, -0.2) is 33.9 Å². The summed E-state index contributed by atoms with van der Waals surface area (Å²) in [6.45, 7) is 3.71. The van der Waals surface area contributed by atoms with Crippen molar-refractivity contribution in [1.29, 1.82) is 0 Å². The number of hydrogen-bond donors (Lipinski definition) is 3. The minimum Gasteiger partial charge on any atom is -0.393 e. The van der Waals surface area contributed by atoms with Gasteiger partial charge in [0.2, 0.25) is 0 Å². The van der Waals surface area contributed by atoms with Crippen molar-refractivity contribution in [1.82, 2.24) is 10.3 Å². The van der Waals surface area contributed by atoms with Gasteiger partial charge in [0.25, 0.3) is 0 Å². The van der Waals surface area contributed by atoms with Gasteiger partial charge in [-0.1, -0.05) is 0 Å². The van der Waals surface area contributed by atoms with Gasteiger partial charge in [0.1, 0.15) is 0 Å². The van der Waals surface area contributed by atoms with E-state index in [1.54, 1.807) is 18.3 Å². The summed E-state index contributed by atoms with van der Waals surface area (Å²) in [6.07, 6.45) is 1.85. The normalized spacial score (nSPS) is 16.7. The average molecular weight is 266 g/mol. The number of fused-ring (bicyclic) bond motifs is 1. The lowest BCUT2D eigenvalue weighted by Crippen LogP contribution is -2.41. The molecule has 0 aromatic carbocycles. The standard InChI is InChI=1S/C13H18N2O2S/c1-9(15-7-13(2,17)8-16)10-5-12-11(14-6-10)3-4-18-12/h3-6,9,15-17H,7-8H2,1-2H3. The summed E-state index contributed by atoms with van der Waals surface area (Å²) in [5.41, 5.74) is 1.01. The van der Waals surface area contributed by atoms with Crippen molar-refractivity contribution >= 4 is 21.6 Å². The maximum atomic E-state index is 9.73. The number of rotatable bonds is 5. The second-order valence-electron chi connectivity index (χ2n) is 4.83. The number of hydrogen-bond acceptors (Lipinski definition) is 5. The predicted octanol–water partition coefficient (Wildman–Crippen LogP) is 1.69. The first kappa shape index (κ1) is 13.4. The Morgan fingerprint density at radius 2 is 2.33 bits per heavy atom. The molecule has 3 N–H and O–H groups in total. The molecule has 0 aliphatic rings. The molecule has 2 heterocycles. The van der Waals surface area contributed by atoms with Gasteiger partial charge < -0.3 is 15.5 Å². The number of nitrogens with zero attached hydrogens (tertiary/aromatic N) is 1. The Hall–Kier alpha value is -1.01. The van der Waals surface area contributed by atoms with E-state index in [1.165, 1.54) is 0 Å². The molecule has 2 rings (SSSR count). The molecular formula is C13H18N2O2S. The predicted molar refractivity (Wildman–Crippen MR) is 73.7 cm³/mol. The lowest BCUT2D eigenvalue weighted by atomic mass is 10.1. The number of aromatic nitrogens is 1. The van der Waals surface area contributed by atoms with Crippen LogP contribution in [0.3, 0.4) is 0 Å². The fraction of sp³-hybridized carbons (Fsp3) is 0.462. The summed E-state index contributed by atoms with van der Waals surface area (Å²) >= 11 is 1.67. The molecule has 2 aromatic heterocycles. The van der Waals surface area contributed by atoms with Crippen LogP contribution in [0.15, 0.2) is 23.7 Å². The number of nitrogens with one attached hydrogen (secondary N) is 1. The first-order valence-corrected chi connectivity index (χ1v) is 6.79. The van der Waals surface area contributed by atoms with Gasteiger partial charge in [0.15, 0.2) is 0 Å². The molecule has 2 aromatic rings. The fourth-order valence-electron chi connectivity index (χ4n) is 1.65. The van der Waals surface area contributed by atoms with Crippen LogP contribution in [0.4, 0.5) is 0 Å². The first-order valence-electron chi connectivity index (χ1n) is 5.91. The second kappa shape index (κ2) is 5.32. The zero-order valence-electron chi connectivity index (χ0n) is 10.6. The molecule has 0 spiro atoms. The third kappa shape index (κ3) is 3.05. The van der Waals surface area contributed by atoms with Crippen LogP contribution < -0.4 is 5.32 Å². The van der Waals surface area contributed by atoms with E-state index in [0.29, 0.717) is 6.54 Å². The number of thiophene rings is 1. The van der Waals surface area contributed by atoms with Crippen molar-refractivity contribution in [3.05, 3.63) is 29.3 Å². The van der Waals surface area contributed by atoms with Crippen LogP contribution in [0.1, 0.15) is 25.5 Å². The summed E-state index contributed by atoms with van der Waals surface area (Å²) in [7, 11) is 0. The van der Waals surface area contributed by atoms with Crippen LogP contribution >= 0.6 is 11.3 Å². The lowest BCUT2D eigenvalue weighted by Gasteiger charge is -2.23. The Morgan fingerprint density at radius 1 is 1.56 bits per heavy atom. The highest BCUT2D eigenvalue weighted by atomic mass is 32.1. The van der Waals surface area contributed by atoms with Crippen molar-refractivity contribution in [2.45, 2.75) is 25.5 Å². The molecule has 0 saturated heterocycles. The SMILES string of the molecule is CC(NCC(C)(O)CO)c1cnc2ccsc2c1. The summed E-state index contributed by atoms with van der Waals surface area (Å²) < 4.78 is 1.16. The molecule has 2 atom stereocenters. The molecule has 5 heteroatoms. The zero-order valence-corrected chi connectivity index (χ0v) is 11.4. The van der Waals surface area contributed by atoms with E-state index in [4.69, 9.17) is 5.11 Å². The molecule has 0 amide bonds. The zero-order chi connectivity index (χ0) is 13.2. The van der Waals surface area contributed by atoms with Gasteiger partial charge >= 0.3 is 0 Å². The molecule has 4 nitrogen and oxygen atoms in total. The third-order valence-electron chi connectivity index (χ3n) is 2.95. The van der Waals surface area contributed by atoms with Crippen molar-refractivity contribution in [3.8, 4) is 0 Å². The van der Waals surface area contributed by atoms with Crippen LogP contribution in [0, 0.1) is 0 Å². The summed E-state index contributed by atoms with van der Waals surface area (Å²) in [5, 5.41) is 23.9. The second-order valence-corrected chi connectivity index (χ2v) is 5.78. The molecule has 0 fully saturated rings. The minimum atomic E-state index is -1.09. The van der Waals surface area contributed by atoms with Crippen LogP contribution in [0.5, 0.6) is 0 Å². The first-order chi connectivity index (χ1) is 8.52. The van der Waals surface area contributed by atoms with Gasteiger partial charge in [-0.25, -0.2) is 0 Å². The lowest BCUT2D eigenvalue weighted by molar-refractivity contribution is 0.00106. The average Bonchev–Trinajstić information content (AvgIpc) is 2.83. The van der Waals surface area contributed by atoms with Crippen molar-refractivity contribution in [2.24, 2.45) is 0 Å². The van der Waals surface area contributed by atoms with Gasteiger partial charge in [0, 0.05) is 18.8 Å². The van der Waals surface area contributed by atoms with Gasteiger partial charge in [0.05, 0.1) is 22.4 Å². The summed E-state index contributed by atoms with van der Waals surface area (Å²) in [6, 6.07) is 4.19. The highest BCUT2D eigenvalue weighted by molar-refractivity contribution is 7.17. The summed E-state index contributed by atoms with van der Waals surface area (Å²) in [4.78, 5) is 4.39. The molecule has 0 aliphatic heterocycles. The van der Waals surface area contributed by atoms with Gasteiger partial charge in [-0.3, -0.25) is 4.98 Å². The minimum absolute atomic E-state index is 0.0852. The molecule has 98 valence electrons. The molecule has 2 unspecified atom stereocenters. The van der Waals surface area contributed by atoms with Crippen LogP contribution in [-0.2, 0) is 0 Å². The largest absolute Gasteiger partial charge is 0.393 e.